The van der Waals surface area contributed by atoms with Crippen LogP contribution in [0.4, 0.5) is 0 Å². The van der Waals surface area contributed by atoms with E-state index in [1.54, 1.807) is 19.3 Å². The number of halogens is 1. The summed E-state index contributed by atoms with van der Waals surface area (Å²) in [5.74, 6) is 1.76. The Labute approximate surface area is 167 Å². The van der Waals surface area contributed by atoms with Gasteiger partial charge in [-0.1, -0.05) is 18.5 Å². The van der Waals surface area contributed by atoms with Gasteiger partial charge in [0.1, 0.15) is 0 Å². The number of carbonyl (C=O) groups is 1. The predicted octanol–water partition coefficient (Wildman–Crippen LogP) is 4.00. The van der Waals surface area contributed by atoms with Crippen LogP contribution in [0.25, 0.3) is 6.08 Å². The first kappa shape index (κ1) is 21.6. The Morgan fingerprint density at radius 2 is 2.26 bits per heavy atom. The second-order valence-corrected chi connectivity index (χ2v) is 7.40. The summed E-state index contributed by atoms with van der Waals surface area (Å²) >= 11 is 6.23. The molecule has 1 fully saturated rings. The standard InChI is InChI=1S/C21H31ClN2O3/c1-4-27-19-14-17(13-18(22)21(19)26-3)8-9-20(25)23-10-6-12-24-11-5-7-16(2)15-24/h8-9,13-14,16H,4-7,10-12,15H2,1-3H3,(H,23,25)/b9-8+. The van der Waals surface area contributed by atoms with Crippen molar-refractivity contribution in [3.05, 3.63) is 28.8 Å². The minimum Gasteiger partial charge on any atom is -0.491 e. The topological polar surface area (TPSA) is 50.8 Å². The third kappa shape index (κ3) is 7.07. The molecule has 1 N–H and O–H groups in total. The molecule has 0 saturated carbocycles. The van der Waals surface area contributed by atoms with E-state index in [1.807, 2.05) is 13.0 Å². The van der Waals surface area contributed by atoms with Crippen molar-refractivity contribution in [2.75, 3.05) is 39.9 Å². The average Bonchev–Trinajstić information content (AvgIpc) is 2.64. The van der Waals surface area contributed by atoms with Crippen LogP contribution in [-0.2, 0) is 4.79 Å². The van der Waals surface area contributed by atoms with Crippen molar-refractivity contribution in [3.63, 3.8) is 0 Å². The lowest BCUT2D eigenvalue weighted by Gasteiger charge is -2.30. The Morgan fingerprint density at radius 3 is 2.96 bits per heavy atom. The number of ether oxygens (including phenoxy) is 2. The third-order valence-corrected chi connectivity index (χ3v) is 4.94. The molecule has 0 aromatic heterocycles. The van der Waals surface area contributed by atoms with E-state index in [4.69, 9.17) is 21.1 Å². The maximum atomic E-state index is 12.0. The number of hydrogen-bond acceptors (Lipinski definition) is 4. The third-order valence-electron chi connectivity index (χ3n) is 4.65. The molecule has 1 saturated heterocycles. The van der Waals surface area contributed by atoms with Crippen molar-refractivity contribution in [3.8, 4) is 11.5 Å². The fourth-order valence-electron chi connectivity index (χ4n) is 3.38. The van der Waals surface area contributed by atoms with E-state index in [0.29, 0.717) is 29.7 Å². The molecular formula is C21H31ClN2O3. The summed E-state index contributed by atoms with van der Waals surface area (Å²) < 4.78 is 10.8. The molecule has 27 heavy (non-hydrogen) atoms. The second-order valence-electron chi connectivity index (χ2n) is 6.99. The summed E-state index contributed by atoms with van der Waals surface area (Å²) in [6, 6.07) is 3.57. The molecule has 5 nitrogen and oxygen atoms in total. The lowest BCUT2D eigenvalue weighted by atomic mass is 10.0. The molecule has 2 rings (SSSR count). The molecule has 1 unspecified atom stereocenters. The number of amides is 1. The highest BCUT2D eigenvalue weighted by Gasteiger charge is 2.15. The van der Waals surface area contributed by atoms with Crippen molar-refractivity contribution < 1.29 is 14.3 Å². The number of carbonyl (C=O) groups excluding carboxylic acids is 1. The molecule has 0 aliphatic carbocycles. The quantitative estimate of drug-likeness (QED) is 0.508. The summed E-state index contributed by atoms with van der Waals surface area (Å²) in [4.78, 5) is 14.5. The monoisotopic (exact) mass is 394 g/mol. The van der Waals surface area contributed by atoms with Crippen LogP contribution in [0, 0.1) is 5.92 Å². The minimum atomic E-state index is -0.105. The van der Waals surface area contributed by atoms with Crippen LogP contribution < -0.4 is 14.8 Å². The Bertz CT molecular complexity index is 649. The number of benzene rings is 1. The zero-order chi connectivity index (χ0) is 19.6. The maximum absolute atomic E-state index is 12.0. The summed E-state index contributed by atoms with van der Waals surface area (Å²) in [5, 5.41) is 3.40. The van der Waals surface area contributed by atoms with E-state index < -0.39 is 0 Å². The first-order valence-electron chi connectivity index (χ1n) is 9.72. The Balaban J connectivity index is 1.80. The molecule has 1 atom stereocenters. The SMILES string of the molecule is CCOc1cc(/C=C/C(=O)NCCCN2CCCC(C)C2)cc(Cl)c1OC. The van der Waals surface area contributed by atoms with Gasteiger partial charge in [-0.25, -0.2) is 0 Å². The highest BCUT2D eigenvalue weighted by molar-refractivity contribution is 6.32. The molecular weight excluding hydrogens is 364 g/mol. The average molecular weight is 395 g/mol. The summed E-state index contributed by atoms with van der Waals surface area (Å²) in [6.45, 7) is 8.79. The predicted molar refractivity (Wildman–Crippen MR) is 111 cm³/mol. The van der Waals surface area contributed by atoms with Crippen LogP contribution in [0.3, 0.4) is 0 Å². The highest BCUT2D eigenvalue weighted by Crippen LogP contribution is 2.36. The second kappa shape index (κ2) is 11.2. The van der Waals surface area contributed by atoms with Gasteiger partial charge in [0.05, 0.1) is 18.7 Å². The van der Waals surface area contributed by atoms with Crippen LogP contribution >= 0.6 is 11.6 Å². The molecule has 0 radical (unpaired) electrons. The zero-order valence-electron chi connectivity index (χ0n) is 16.6. The first-order chi connectivity index (χ1) is 13.0. The normalized spacial score (nSPS) is 17.9. The van der Waals surface area contributed by atoms with Gasteiger partial charge in [0.25, 0.3) is 0 Å². The van der Waals surface area contributed by atoms with Gasteiger partial charge in [0.15, 0.2) is 11.5 Å². The Kier molecular flexibility index (Phi) is 8.95. The minimum absolute atomic E-state index is 0.105. The fraction of sp³-hybridized carbons (Fsp3) is 0.571. The first-order valence-corrected chi connectivity index (χ1v) is 10.1. The molecule has 1 aromatic carbocycles. The number of likely N-dealkylation sites (tertiary alicyclic amines) is 1. The fourth-order valence-corrected chi connectivity index (χ4v) is 3.68. The van der Waals surface area contributed by atoms with Crippen LogP contribution in [0.2, 0.25) is 5.02 Å². The van der Waals surface area contributed by atoms with Crippen molar-refractivity contribution in [1.29, 1.82) is 0 Å². The number of hydrogen-bond donors (Lipinski definition) is 1. The van der Waals surface area contributed by atoms with Gasteiger partial charge in [-0.3, -0.25) is 4.79 Å². The molecule has 0 spiro atoms. The number of nitrogens with one attached hydrogen (secondary N) is 1. The van der Waals surface area contributed by atoms with Gasteiger partial charge in [-0.2, -0.15) is 0 Å². The Hall–Kier alpha value is -1.72. The van der Waals surface area contributed by atoms with Gasteiger partial charge >= 0.3 is 0 Å². The van der Waals surface area contributed by atoms with E-state index in [-0.39, 0.29) is 5.91 Å². The molecule has 1 aliphatic rings. The van der Waals surface area contributed by atoms with E-state index in [9.17, 15) is 4.79 Å². The molecule has 1 heterocycles. The van der Waals surface area contributed by atoms with Gasteiger partial charge in [-0.15, -0.1) is 0 Å². The van der Waals surface area contributed by atoms with Gasteiger partial charge < -0.3 is 19.7 Å². The largest absolute Gasteiger partial charge is 0.491 e. The van der Waals surface area contributed by atoms with E-state index in [2.05, 4.69) is 17.1 Å². The van der Waals surface area contributed by atoms with Crippen molar-refractivity contribution in [2.24, 2.45) is 5.92 Å². The van der Waals surface area contributed by atoms with E-state index in [1.165, 1.54) is 32.0 Å². The van der Waals surface area contributed by atoms with Crippen LogP contribution in [-0.4, -0.2) is 50.7 Å². The summed E-state index contributed by atoms with van der Waals surface area (Å²) in [6.07, 6.45) is 6.84. The number of nitrogens with zero attached hydrogens (tertiary/aromatic N) is 1. The number of piperidine rings is 1. The lowest BCUT2D eigenvalue weighted by molar-refractivity contribution is -0.116. The Morgan fingerprint density at radius 1 is 1.44 bits per heavy atom. The summed E-state index contributed by atoms with van der Waals surface area (Å²) in [7, 11) is 1.55. The van der Waals surface area contributed by atoms with Crippen LogP contribution in [0.1, 0.15) is 38.7 Å². The van der Waals surface area contributed by atoms with Gasteiger partial charge in [0.2, 0.25) is 5.91 Å². The number of rotatable bonds is 9. The molecule has 150 valence electrons. The molecule has 6 heteroatoms. The smallest absolute Gasteiger partial charge is 0.243 e. The maximum Gasteiger partial charge on any atom is 0.243 e. The van der Waals surface area contributed by atoms with Crippen LogP contribution in [0.5, 0.6) is 11.5 Å². The number of methoxy groups -OCH3 is 1. The highest BCUT2D eigenvalue weighted by atomic mass is 35.5. The van der Waals surface area contributed by atoms with E-state index in [0.717, 1.165) is 24.4 Å². The molecule has 1 aromatic rings. The molecule has 1 aliphatic heterocycles. The van der Waals surface area contributed by atoms with Crippen molar-refractivity contribution >= 4 is 23.6 Å². The van der Waals surface area contributed by atoms with Crippen molar-refractivity contribution in [2.45, 2.75) is 33.1 Å². The molecule has 0 bridgehead atoms. The van der Waals surface area contributed by atoms with Gasteiger partial charge in [-0.05, 0) is 69.0 Å². The lowest BCUT2D eigenvalue weighted by Crippen LogP contribution is -2.36. The van der Waals surface area contributed by atoms with E-state index >= 15 is 0 Å². The molecule has 1 amide bonds. The zero-order valence-corrected chi connectivity index (χ0v) is 17.3. The van der Waals surface area contributed by atoms with Crippen molar-refractivity contribution in [1.82, 2.24) is 10.2 Å². The summed E-state index contributed by atoms with van der Waals surface area (Å²) in [5.41, 5.74) is 0.793. The van der Waals surface area contributed by atoms with Gasteiger partial charge in [0, 0.05) is 19.2 Å². The van der Waals surface area contributed by atoms with Crippen LogP contribution in [0.15, 0.2) is 18.2 Å².